The second kappa shape index (κ2) is 14.5. The van der Waals surface area contributed by atoms with E-state index >= 15 is 0 Å². The molecule has 0 aliphatic carbocycles. The van der Waals surface area contributed by atoms with Crippen LogP contribution in [0.2, 0.25) is 10.0 Å². The molecule has 11 heteroatoms. The highest BCUT2D eigenvalue weighted by Crippen LogP contribution is 2.21. The van der Waals surface area contributed by atoms with E-state index in [4.69, 9.17) is 23.2 Å². The Labute approximate surface area is 222 Å². The van der Waals surface area contributed by atoms with Gasteiger partial charge < -0.3 is 10.6 Å². The lowest BCUT2D eigenvalue weighted by Gasteiger charge is -2.20. The van der Waals surface area contributed by atoms with Crippen LogP contribution in [0.15, 0.2) is 47.4 Å². The molecular weight excluding hydrogens is 528 g/mol. The SMILES string of the molecule is CC(C)C[C@H](NC(=O)CCc1ccc(Cl)cc1)C(=O)NCCCCNS(=O)(=O)c1ccc(F)cc1Cl. The molecule has 3 N–H and O–H groups in total. The minimum Gasteiger partial charge on any atom is -0.354 e. The molecule has 7 nitrogen and oxygen atoms in total. The second-order valence-electron chi connectivity index (χ2n) is 8.85. The number of carbonyl (C=O) groups excluding carboxylic acids is 2. The summed E-state index contributed by atoms with van der Waals surface area (Å²) in [7, 11) is -3.87. The molecule has 36 heavy (non-hydrogen) atoms. The summed E-state index contributed by atoms with van der Waals surface area (Å²) in [4.78, 5) is 24.9. The predicted octanol–water partition coefficient (Wildman–Crippen LogP) is 4.47. The smallest absolute Gasteiger partial charge is 0.242 e. The third-order valence-electron chi connectivity index (χ3n) is 5.29. The number of halogens is 3. The summed E-state index contributed by atoms with van der Waals surface area (Å²) in [6.45, 7) is 4.40. The lowest BCUT2D eigenvalue weighted by Crippen LogP contribution is -2.47. The largest absolute Gasteiger partial charge is 0.354 e. The molecular formula is C25H32Cl2FN3O4S. The third-order valence-corrected chi connectivity index (χ3v) is 7.49. The Bertz CT molecular complexity index is 1130. The van der Waals surface area contributed by atoms with Gasteiger partial charge in [0.2, 0.25) is 21.8 Å². The lowest BCUT2D eigenvalue weighted by molar-refractivity contribution is -0.129. The van der Waals surface area contributed by atoms with Crippen molar-refractivity contribution < 1.29 is 22.4 Å². The maximum absolute atomic E-state index is 13.1. The van der Waals surface area contributed by atoms with E-state index in [0.717, 1.165) is 23.8 Å². The highest BCUT2D eigenvalue weighted by molar-refractivity contribution is 7.89. The second-order valence-corrected chi connectivity index (χ2v) is 11.4. The van der Waals surface area contributed by atoms with Gasteiger partial charge in [-0.15, -0.1) is 0 Å². The molecule has 198 valence electrons. The fraction of sp³-hybridized carbons (Fsp3) is 0.440. The number of sulfonamides is 1. The summed E-state index contributed by atoms with van der Waals surface area (Å²) in [5.74, 6) is -0.907. The highest BCUT2D eigenvalue weighted by Gasteiger charge is 2.22. The van der Waals surface area contributed by atoms with Crippen LogP contribution >= 0.6 is 23.2 Å². The van der Waals surface area contributed by atoms with Crippen molar-refractivity contribution in [1.29, 1.82) is 0 Å². The van der Waals surface area contributed by atoms with Crippen LogP contribution in [0.5, 0.6) is 0 Å². The number of hydrogen-bond acceptors (Lipinski definition) is 4. The van der Waals surface area contributed by atoms with Crippen LogP contribution in [0.4, 0.5) is 4.39 Å². The molecule has 0 saturated carbocycles. The molecule has 0 fully saturated rings. The lowest BCUT2D eigenvalue weighted by atomic mass is 10.0. The normalized spacial score (nSPS) is 12.4. The first-order valence-electron chi connectivity index (χ1n) is 11.7. The third kappa shape index (κ3) is 10.4. The minimum absolute atomic E-state index is 0.128. The Kier molecular flexibility index (Phi) is 12.1. The van der Waals surface area contributed by atoms with E-state index in [1.165, 1.54) is 0 Å². The van der Waals surface area contributed by atoms with Gasteiger partial charge in [0.15, 0.2) is 0 Å². The minimum atomic E-state index is -3.87. The van der Waals surface area contributed by atoms with Crippen LogP contribution in [-0.2, 0) is 26.0 Å². The number of carbonyl (C=O) groups is 2. The Balaban J connectivity index is 1.75. The fourth-order valence-electron chi connectivity index (χ4n) is 3.44. The van der Waals surface area contributed by atoms with Crippen molar-refractivity contribution >= 4 is 45.0 Å². The van der Waals surface area contributed by atoms with Gasteiger partial charge >= 0.3 is 0 Å². The molecule has 2 aromatic rings. The predicted molar refractivity (Wildman–Crippen MR) is 140 cm³/mol. The molecule has 0 aromatic heterocycles. The van der Waals surface area contributed by atoms with Gasteiger partial charge in [-0.2, -0.15) is 0 Å². The number of rotatable bonds is 14. The first-order chi connectivity index (χ1) is 17.0. The van der Waals surface area contributed by atoms with Crippen molar-refractivity contribution in [1.82, 2.24) is 15.4 Å². The van der Waals surface area contributed by atoms with E-state index < -0.39 is 21.9 Å². The van der Waals surface area contributed by atoms with Crippen molar-refractivity contribution in [2.75, 3.05) is 13.1 Å². The summed E-state index contributed by atoms with van der Waals surface area (Å²) in [5.41, 5.74) is 0.983. The van der Waals surface area contributed by atoms with E-state index in [1.54, 1.807) is 12.1 Å². The molecule has 2 rings (SSSR count). The first kappa shape index (κ1) is 30.0. The monoisotopic (exact) mass is 559 g/mol. The topological polar surface area (TPSA) is 104 Å². The molecule has 2 amide bonds. The van der Waals surface area contributed by atoms with Gasteiger partial charge in [0.05, 0.1) is 5.02 Å². The van der Waals surface area contributed by atoms with Crippen LogP contribution in [0.1, 0.15) is 45.1 Å². The molecule has 0 unspecified atom stereocenters. The maximum Gasteiger partial charge on any atom is 0.242 e. The number of amides is 2. The van der Waals surface area contributed by atoms with E-state index in [9.17, 15) is 22.4 Å². The van der Waals surface area contributed by atoms with Crippen molar-refractivity contribution in [3.63, 3.8) is 0 Å². The number of unbranched alkanes of at least 4 members (excludes halogenated alkanes) is 1. The fourth-order valence-corrected chi connectivity index (χ4v) is 5.17. The first-order valence-corrected chi connectivity index (χ1v) is 14.0. The molecule has 0 aliphatic heterocycles. The summed E-state index contributed by atoms with van der Waals surface area (Å²) in [6, 6.07) is 9.69. The number of hydrogen-bond donors (Lipinski definition) is 3. The summed E-state index contributed by atoms with van der Waals surface area (Å²) in [5, 5.41) is 6.07. The number of benzene rings is 2. The number of aryl methyl sites for hydroxylation is 1. The van der Waals surface area contributed by atoms with Crippen LogP contribution in [0.3, 0.4) is 0 Å². The summed E-state index contributed by atoms with van der Waals surface area (Å²) in [6.07, 6.45) is 2.27. The van der Waals surface area contributed by atoms with Crippen LogP contribution in [0, 0.1) is 11.7 Å². The molecule has 2 aromatic carbocycles. The van der Waals surface area contributed by atoms with Gasteiger partial charge in [-0.3, -0.25) is 9.59 Å². The average Bonchev–Trinajstić information content (AvgIpc) is 2.79. The van der Waals surface area contributed by atoms with Gasteiger partial charge in [-0.1, -0.05) is 49.2 Å². The number of nitrogens with one attached hydrogen (secondary N) is 3. The average molecular weight is 561 g/mol. The van der Waals surface area contributed by atoms with Gasteiger partial charge in [0.25, 0.3) is 0 Å². The molecule has 1 atom stereocenters. The molecule has 0 bridgehead atoms. The summed E-state index contributed by atoms with van der Waals surface area (Å²) < 4.78 is 40.2. The molecule has 0 radical (unpaired) electrons. The van der Waals surface area contributed by atoms with Crippen molar-refractivity contribution in [2.24, 2.45) is 5.92 Å². The highest BCUT2D eigenvalue weighted by atomic mass is 35.5. The van der Waals surface area contributed by atoms with Crippen LogP contribution in [0.25, 0.3) is 0 Å². The Hall–Kier alpha value is -2.20. The quantitative estimate of drug-likeness (QED) is 0.297. The zero-order valence-corrected chi connectivity index (χ0v) is 22.6. The van der Waals surface area contributed by atoms with E-state index in [-0.39, 0.29) is 40.6 Å². The van der Waals surface area contributed by atoms with Crippen molar-refractivity contribution in [3.8, 4) is 0 Å². The Morgan fingerprint density at radius 2 is 1.67 bits per heavy atom. The molecule has 0 saturated heterocycles. The molecule has 0 aliphatic rings. The molecule has 0 spiro atoms. The van der Waals surface area contributed by atoms with Gasteiger partial charge in [0.1, 0.15) is 16.8 Å². The Morgan fingerprint density at radius 3 is 2.31 bits per heavy atom. The molecule has 0 heterocycles. The van der Waals surface area contributed by atoms with E-state index in [0.29, 0.717) is 37.3 Å². The van der Waals surface area contributed by atoms with E-state index in [2.05, 4.69) is 15.4 Å². The van der Waals surface area contributed by atoms with Crippen LogP contribution in [-0.4, -0.2) is 39.4 Å². The van der Waals surface area contributed by atoms with Crippen molar-refractivity contribution in [2.45, 2.75) is 56.9 Å². The van der Waals surface area contributed by atoms with E-state index in [1.807, 2.05) is 26.0 Å². The Morgan fingerprint density at radius 1 is 1.00 bits per heavy atom. The van der Waals surface area contributed by atoms with Gasteiger partial charge in [-0.05, 0) is 67.5 Å². The van der Waals surface area contributed by atoms with Crippen LogP contribution < -0.4 is 15.4 Å². The zero-order valence-electron chi connectivity index (χ0n) is 20.3. The zero-order chi connectivity index (χ0) is 26.7. The standard InChI is InChI=1S/C25H32Cl2FN3O4S/c1-17(2)15-22(31-24(32)12-7-18-5-8-19(26)9-6-18)25(33)29-13-3-4-14-30-36(34,35)23-11-10-20(28)16-21(23)27/h5-6,8-11,16-17,22,30H,3-4,7,12-15H2,1-2H3,(H,29,33)(H,31,32)/t22-/m0/s1. The summed E-state index contributed by atoms with van der Waals surface area (Å²) >= 11 is 11.7. The van der Waals surface area contributed by atoms with Gasteiger partial charge in [0, 0.05) is 24.5 Å². The van der Waals surface area contributed by atoms with Crippen molar-refractivity contribution in [3.05, 3.63) is 63.9 Å². The maximum atomic E-state index is 13.1. The van der Waals surface area contributed by atoms with Gasteiger partial charge in [-0.25, -0.2) is 17.5 Å².